The van der Waals surface area contributed by atoms with Crippen molar-refractivity contribution < 1.29 is 19.1 Å². The molecule has 0 bridgehead atoms. The van der Waals surface area contributed by atoms with Gasteiger partial charge in [-0.05, 0) is 52.4 Å². The Kier molecular flexibility index (Phi) is 5.53. The molecular formula is C16H28N2O4. The second-order valence-electron chi connectivity index (χ2n) is 7.15. The molecule has 2 amide bonds. The molecule has 0 N–H and O–H groups in total. The molecule has 0 radical (unpaired) electrons. The zero-order valence-corrected chi connectivity index (χ0v) is 14.0. The summed E-state index contributed by atoms with van der Waals surface area (Å²) in [6, 6.07) is 0. The number of cyclic esters (lactones) is 1. The van der Waals surface area contributed by atoms with E-state index in [-0.39, 0.29) is 12.2 Å². The lowest BCUT2D eigenvalue weighted by atomic mass is 9.92. The fourth-order valence-electron chi connectivity index (χ4n) is 2.93. The normalized spacial score (nSPS) is 20.2. The van der Waals surface area contributed by atoms with Gasteiger partial charge in [0.05, 0.1) is 6.54 Å². The summed E-state index contributed by atoms with van der Waals surface area (Å²) in [6.07, 6.45) is 3.76. The first-order valence-corrected chi connectivity index (χ1v) is 8.25. The maximum Gasteiger partial charge on any atom is 0.410 e. The molecule has 2 heterocycles. The maximum atomic E-state index is 12.0. The van der Waals surface area contributed by atoms with Crippen molar-refractivity contribution in [3.63, 3.8) is 0 Å². The lowest BCUT2D eigenvalue weighted by Crippen LogP contribution is -2.41. The fraction of sp³-hybridized carbons (Fsp3) is 0.875. The highest BCUT2D eigenvalue weighted by Gasteiger charge is 2.27. The van der Waals surface area contributed by atoms with Gasteiger partial charge in [0.25, 0.3) is 0 Å². The number of rotatable bonds is 4. The largest absolute Gasteiger partial charge is 0.448 e. The molecule has 2 aliphatic rings. The zero-order chi connectivity index (χ0) is 16.2. The number of carbonyl (C=O) groups is 2. The van der Waals surface area contributed by atoms with Crippen molar-refractivity contribution in [1.29, 1.82) is 0 Å². The van der Waals surface area contributed by atoms with Crippen LogP contribution < -0.4 is 0 Å². The van der Waals surface area contributed by atoms with Gasteiger partial charge in [0.15, 0.2) is 0 Å². The number of carbonyl (C=O) groups excluding carboxylic acids is 2. The molecule has 0 aliphatic carbocycles. The van der Waals surface area contributed by atoms with Crippen molar-refractivity contribution in [3.8, 4) is 0 Å². The van der Waals surface area contributed by atoms with E-state index in [2.05, 4.69) is 0 Å². The van der Waals surface area contributed by atoms with Crippen LogP contribution in [0.4, 0.5) is 9.59 Å². The van der Waals surface area contributed by atoms with E-state index in [9.17, 15) is 9.59 Å². The number of piperidine rings is 1. The van der Waals surface area contributed by atoms with E-state index in [1.807, 2.05) is 20.8 Å². The van der Waals surface area contributed by atoms with E-state index in [1.54, 1.807) is 9.80 Å². The van der Waals surface area contributed by atoms with Crippen molar-refractivity contribution in [2.24, 2.45) is 5.92 Å². The molecule has 0 aromatic rings. The standard InChI is InChI=1S/C16H28N2O4/c1-16(2,3)22-15(20)18-9-6-13(7-10-18)5-4-8-17-11-12-21-14(17)19/h13H,4-12H2,1-3H3. The van der Waals surface area contributed by atoms with Gasteiger partial charge in [-0.15, -0.1) is 0 Å². The molecule has 0 aromatic heterocycles. The summed E-state index contributed by atoms with van der Waals surface area (Å²) < 4.78 is 10.3. The molecule has 126 valence electrons. The van der Waals surface area contributed by atoms with Crippen molar-refractivity contribution in [3.05, 3.63) is 0 Å². The van der Waals surface area contributed by atoms with Gasteiger partial charge in [0.2, 0.25) is 0 Å². The minimum Gasteiger partial charge on any atom is -0.448 e. The number of ether oxygens (including phenoxy) is 2. The average molecular weight is 312 g/mol. The van der Waals surface area contributed by atoms with Gasteiger partial charge < -0.3 is 19.3 Å². The lowest BCUT2D eigenvalue weighted by Gasteiger charge is -2.33. The minimum atomic E-state index is -0.432. The smallest absolute Gasteiger partial charge is 0.410 e. The maximum absolute atomic E-state index is 12.0. The van der Waals surface area contributed by atoms with Gasteiger partial charge >= 0.3 is 12.2 Å². The van der Waals surface area contributed by atoms with Gasteiger partial charge in [-0.2, -0.15) is 0 Å². The number of amides is 2. The fourth-order valence-corrected chi connectivity index (χ4v) is 2.93. The van der Waals surface area contributed by atoms with Crippen molar-refractivity contribution in [2.45, 2.75) is 52.1 Å². The average Bonchev–Trinajstić information content (AvgIpc) is 2.83. The van der Waals surface area contributed by atoms with Crippen molar-refractivity contribution in [1.82, 2.24) is 9.80 Å². The van der Waals surface area contributed by atoms with Crippen LogP contribution in [0, 0.1) is 5.92 Å². The van der Waals surface area contributed by atoms with E-state index in [0.29, 0.717) is 12.5 Å². The summed E-state index contributed by atoms with van der Waals surface area (Å²) in [5.74, 6) is 0.636. The molecule has 2 fully saturated rings. The van der Waals surface area contributed by atoms with Gasteiger partial charge in [-0.25, -0.2) is 9.59 Å². The summed E-state index contributed by atoms with van der Waals surface area (Å²) in [4.78, 5) is 26.9. The third-order valence-corrected chi connectivity index (χ3v) is 4.15. The van der Waals surface area contributed by atoms with Gasteiger partial charge in [0, 0.05) is 19.6 Å². The molecule has 6 heteroatoms. The van der Waals surface area contributed by atoms with Crippen molar-refractivity contribution >= 4 is 12.2 Å². The summed E-state index contributed by atoms with van der Waals surface area (Å²) >= 11 is 0. The Hall–Kier alpha value is -1.46. The highest BCUT2D eigenvalue weighted by atomic mass is 16.6. The first-order chi connectivity index (χ1) is 10.3. The Morgan fingerprint density at radius 1 is 1.27 bits per heavy atom. The zero-order valence-electron chi connectivity index (χ0n) is 14.0. The quantitative estimate of drug-likeness (QED) is 0.801. The number of likely N-dealkylation sites (tertiary alicyclic amines) is 1. The molecule has 0 saturated carbocycles. The van der Waals surface area contributed by atoms with Gasteiger partial charge in [-0.3, -0.25) is 0 Å². The summed E-state index contributed by atoms with van der Waals surface area (Å²) in [5, 5.41) is 0. The van der Waals surface area contributed by atoms with E-state index in [0.717, 1.165) is 51.9 Å². The Bertz CT molecular complexity index is 397. The molecule has 0 atom stereocenters. The Morgan fingerprint density at radius 3 is 2.50 bits per heavy atom. The predicted molar refractivity (Wildman–Crippen MR) is 82.7 cm³/mol. The van der Waals surface area contributed by atoms with Crippen LogP contribution in [0.5, 0.6) is 0 Å². The molecule has 2 saturated heterocycles. The molecule has 6 nitrogen and oxygen atoms in total. The summed E-state index contributed by atoms with van der Waals surface area (Å²) in [7, 11) is 0. The highest BCUT2D eigenvalue weighted by Crippen LogP contribution is 2.23. The second-order valence-corrected chi connectivity index (χ2v) is 7.15. The van der Waals surface area contributed by atoms with Crippen LogP contribution in [0.3, 0.4) is 0 Å². The number of hydrogen-bond acceptors (Lipinski definition) is 4. The van der Waals surface area contributed by atoms with Crippen LogP contribution in [0.1, 0.15) is 46.5 Å². The van der Waals surface area contributed by atoms with E-state index in [1.165, 1.54) is 0 Å². The molecule has 22 heavy (non-hydrogen) atoms. The topological polar surface area (TPSA) is 59.1 Å². The van der Waals surface area contributed by atoms with Crippen LogP contribution in [0.25, 0.3) is 0 Å². The molecule has 0 spiro atoms. The first-order valence-electron chi connectivity index (χ1n) is 8.25. The van der Waals surface area contributed by atoms with Crippen LogP contribution >= 0.6 is 0 Å². The van der Waals surface area contributed by atoms with Crippen LogP contribution in [0.2, 0.25) is 0 Å². The number of nitrogens with zero attached hydrogens (tertiary/aromatic N) is 2. The predicted octanol–water partition coefficient (Wildman–Crippen LogP) is 2.87. The number of hydrogen-bond donors (Lipinski definition) is 0. The van der Waals surface area contributed by atoms with Crippen LogP contribution in [-0.2, 0) is 9.47 Å². The van der Waals surface area contributed by atoms with E-state index in [4.69, 9.17) is 9.47 Å². The van der Waals surface area contributed by atoms with Crippen LogP contribution in [-0.4, -0.2) is 60.4 Å². The van der Waals surface area contributed by atoms with Crippen molar-refractivity contribution in [2.75, 3.05) is 32.8 Å². The third kappa shape index (κ3) is 5.07. The highest BCUT2D eigenvalue weighted by molar-refractivity contribution is 5.69. The lowest BCUT2D eigenvalue weighted by molar-refractivity contribution is 0.0180. The minimum absolute atomic E-state index is 0.181. The molecule has 0 unspecified atom stereocenters. The molecule has 0 aromatic carbocycles. The van der Waals surface area contributed by atoms with Gasteiger partial charge in [-0.1, -0.05) is 0 Å². The monoisotopic (exact) mass is 312 g/mol. The van der Waals surface area contributed by atoms with E-state index >= 15 is 0 Å². The van der Waals surface area contributed by atoms with E-state index < -0.39 is 5.60 Å². The van der Waals surface area contributed by atoms with Crippen LogP contribution in [0.15, 0.2) is 0 Å². The molecule has 2 aliphatic heterocycles. The SMILES string of the molecule is CC(C)(C)OC(=O)N1CCC(CCCN2CCOC2=O)CC1. The molecular weight excluding hydrogens is 284 g/mol. The molecule has 2 rings (SSSR count). The Labute approximate surface area is 132 Å². The third-order valence-electron chi connectivity index (χ3n) is 4.15. The summed E-state index contributed by atoms with van der Waals surface area (Å²) in [5.41, 5.74) is -0.432. The summed E-state index contributed by atoms with van der Waals surface area (Å²) in [6.45, 7) is 9.23. The first kappa shape index (κ1) is 16.9. The Balaban J connectivity index is 1.62. The van der Waals surface area contributed by atoms with Gasteiger partial charge in [0.1, 0.15) is 12.2 Å². The second kappa shape index (κ2) is 7.20. The Morgan fingerprint density at radius 2 is 1.95 bits per heavy atom.